The van der Waals surface area contributed by atoms with Gasteiger partial charge in [-0.1, -0.05) is 18.2 Å². The number of fused-ring (bicyclic) bond motifs is 1. The van der Waals surface area contributed by atoms with E-state index in [0.29, 0.717) is 19.0 Å². The molecule has 0 saturated carbocycles. The summed E-state index contributed by atoms with van der Waals surface area (Å²) in [5.41, 5.74) is 2.18. The van der Waals surface area contributed by atoms with Gasteiger partial charge in [0.15, 0.2) is 0 Å². The van der Waals surface area contributed by atoms with E-state index >= 15 is 0 Å². The van der Waals surface area contributed by atoms with Gasteiger partial charge in [-0.15, -0.1) is 0 Å². The van der Waals surface area contributed by atoms with E-state index in [0.717, 1.165) is 12.1 Å². The molecule has 1 aromatic carbocycles. The molecule has 2 aliphatic heterocycles. The van der Waals surface area contributed by atoms with Crippen molar-refractivity contribution in [3.8, 4) is 0 Å². The average molecular weight is 245 g/mol. The topological polar surface area (TPSA) is 38.8 Å². The Balaban J connectivity index is 1.92. The number of nitrogens with zero attached hydrogens (tertiary/aromatic N) is 1. The molecule has 1 amide bonds. The highest BCUT2D eigenvalue weighted by molar-refractivity contribution is 6.05. The summed E-state index contributed by atoms with van der Waals surface area (Å²) in [6.45, 7) is 2.98. The minimum atomic E-state index is -0.118. The maximum Gasteiger partial charge on any atom is 0.296 e. The van der Waals surface area contributed by atoms with Crippen molar-refractivity contribution in [1.29, 1.82) is 0 Å². The van der Waals surface area contributed by atoms with E-state index in [4.69, 9.17) is 9.47 Å². The lowest BCUT2D eigenvalue weighted by Gasteiger charge is -2.25. The lowest BCUT2D eigenvalue weighted by atomic mass is 10.1. The highest BCUT2D eigenvalue weighted by atomic mass is 16.6. The van der Waals surface area contributed by atoms with Crippen molar-refractivity contribution in [3.63, 3.8) is 0 Å². The molecule has 0 fully saturated rings. The van der Waals surface area contributed by atoms with Crippen LogP contribution in [0, 0.1) is 0 Å². The monoisotopic (exact) mass is 245 g/mol. The molecular weight excluding hydrogens is 230 g/mol. The highest BCUT2D eigenvalue weighted by Crippen LogP contribution is 2.33. The smallest absolute Gasteiger partial charge is 0.296 e. The van der Waals surface area contributed by atoms with Crippen molar-refractivity contribution in [2.24, 2.45) is 0 Å². The van der Waals surface area contributed by atoms with Crippen LogP contribution >= 0.6 is 0 Å². The standard InChI is InChI=1S/C14H15NO3/c1-10-8-11-4-2-3-5-12(11)15(10)14(16)13-9-17-6-7-18-13/h2-5,9-10H,6-8H2,1H3. The number of rotatable bonds is 1. The fourth-order valence-corrected chi connectivity index (χ4v) is 2.47. The van der Waals surface area contributed by atoms with Gasteiger partial charge in [-0.3, -0.25) is 4.79 Å². The molecule has 3 rings (SSSR count). The molecule has 0 saturated heterocycles. The van der Waals surface area contributed by atoms with E-state index in [1.165, 1.54) is 11.8 Å². The summed E-state index contributed by atoms with van der Waals surface area (Å²) in [5, 5.41) is 0. The molecular formula is C14H15NO3. The van der Waals surface area contributed by atoms with E-state index in [-0.39, 0.29) is 11.9 Å². The van der Waals surface area contributed by atoms with Gasteiger partial charge in [0.05, 0.1) is 0 Å². The van der Waals surface area contributed by atoms with E-state index in [1.54, 1.807) is 4.90 Å². The summed E-state index contributed by atoms with van der Waals surface area (Å²) in [4.78, 5) is 14.2. The van der Waals surface area contributed by atoms with Gasteiger partial charge in [0.1, 0.15) is 19.5 Å². The normalized spacial score (nSPS) is 21.7. The number of carbonyl (C=O) groups is 1. The minimum Gasteiger partial charge on any atom is -0.494 e. The molecule has 4 heteroatoms. The van der Waals surface area contributed by atoms with E-state index in [2.05, 4.69) is 6.07 Å². The van der Waals surface area contributed by atoms with Crippen LogP contribution in [0.15, 0.2) is 36.3 Å². The van der Waals surface area contributed by atoms with Crippen LogP contribution in [0.25, 0.3) is 0 Å². The number of amides is 1. The second-order valence-electron chi connectivity index (χ2n) is 4.56. The van der Waals surface area contributed by atoms with Gasteiger partial charge in [0, 0.05) is 11.7 Å². The fraction of sp³-hybridized carbons (Fsp3) is 0.357. The van der Waals surface area contributed by atoms with Crippen LogP contribution in [0.4, 0.5) is 5.69 Å². The third kappa shape index (κ3) is 1.74. The van der Waals surface area contributed by atoms with Crippen molar-refractivity contribution in [2.45, 2.75) is 19.4 Å². The van der Waals surface area contributed by atoms with Crippen LogP contribution in [0.3, 0.4) is 0 Å². The molecule has 94 valence electrons. The van der Waals surface area contributed by atoms with Crippen LogP contribution in [-0.4, -0.2) is 25.2 Å². The summed E-state index contributed by atoms with van der Waals surface area (Å²) in [5.74, 6) is 0.178. The van der Waals surface area contributed by atoms with E-state index in [1.807, 2.05) is 25.1 Å². The van der Waals surface area contributed by atoms with Crippen LogP contribution in [0.1, 0.15) is 12.5 Å². The van der Waals surface area contributed by atoms with Crippen LogP contribution < -0.4 is 4.90 Å². The molecule has 0 spiro atoms. The summed E-state index contributed by atoms with van der Waals surface area (Å²) in [6, 6.07) is 8.14. The van der Waals surface area contributed by atoms with Crippen LogP contribution in [0.2, 0.25) is 0 Å². The van der Waals surface area contributed by atoms with Crippen molar-refractivity contribution < 1.29 is 14.3 Å². The Hall–Kier alpha value is -1.97. The average Bonchev–Trinajstić information content (AvgIpc) is 2.75. The predicted molar refractivity (Wildman–Crippen MR) is 67.1 cm³/mol. The lowest BCUT2D eigenvalue weighted by Crippen LogP contribution is -2.38. The van der Waals surface area contributed by atoms with Crippen molar-refractivity contribution in [2.75, 3.05) is 18.1 Å². The molecule has 0 aromatic heterocycles. The predicted octanol–water partition coefficient (Wildman–Crippen LogP) is 1.85. The van der Waals surface area contributed by atoms with Gasteiger partial charge in [-0.05, 0) is 25.0 Å². The summed E-state index contributed by atoms with van der Waals surface area (Å²) in [6.07, 6.45) is 2.30. The lowest BCUT2D eigenvalue weighted by molar-refractivity contribution is -0.120. The Morgan fingerprint density at radius 1 is 1.33 bits per heavy atom. The number of para-hydroxylation sites is 1. The SMILES string of the molecule is CC1Cc2ccccc2N1C(=O)C1=COCCO1. The van der Waals surface area contributed by atoms with Crippen molar-refractivity contribution in [1.82, 2.24) is 0 Å². The minimum absolute atomic E-state index is 0.118. The summed E-state index contributed by atoms with van der Waals surface area (Å²) in [7, 11) is 0. The van der Waals surface area contributed by atoms with Gasteiger partial charge >= 0.3 is 0 Å². The third-order valence-corrected chi connectivity index (χ3v) is 3.29. The largest absolute Gasteiger partial charge is 0.494 e. The van der Waals surface area contributed by atoms with Crippen LogP contribution in [0.5, 0.6) is 0 Å². The Morgan fingerprint density at radius 3 is 2.94 bits per heavy atom. The molecule has 0 N–H and O–H groups in total. The molecule has 4 nitrogen and oxygen atoms in total. The zero-order valence-corrected chi connectivity index (χ0v) is 10.3. The van der Waals surface area contributed by atoms with Crippen molar-refractivity contribution >= 4 is 11.6 Å². The third-order valence-electron chi connectivity index (χ3n) is 3.29. The number of ether oxygens (including phenoxy) is 2. The molecule has 18 heavy (non-hydrogen) atoms. The maximum atomic E-state index is 12.4. The first-order valence-electron chi connectivity index (χ1n) is 6.13. The van der Waals surface area contributed by atoms with Crippen molar-refractivity contribution in [3.05, 3.63) is 41.9 Å². The fourth-order valence-electron chi connectivity index (χ4n) is 2.47. The van der Waals surface area contributed by atoms with Gasteiger partial charge in [0.2, 0.25) is 5.76 Å². The Morgan fingerprint density at radius 2 is 2.17 bits per heavy atom. The van der Waals surface area contributed by atoms with E-state index in [9.17, 15) is 4.79 Å². The molecule has 1 atom stereocenters. The zero-order chi connectivity index (χ0) is 12.5. The second kappa shape index (κ2) is 4.37. The Kier molecular flexibility index (Phi) is 2.70. The van der Waals surface area contributed by atoms with Gasteiger partial charge in [0.25, 0.3) is 5.91 Å². The Bertz CT molecular complexity index is 510. The molecule has 0 radical (unpaired) electrons. The maximum absolute atomic E-state index is 12.4. The molecule has 2 heterocycles. The number of anilines is 1. The Labute approximate surface area is 106 Å². The number of benzene rings is 1. The first-order valence-corrected chi connectivity index (χ1v) is 6.13. The molecule has 1 aromatic rings. The first kappa shape index (κ1) is 11.1. The van der Waals surface area contributed by atoms with E-state index < -0.39 is 0 Å². The van der Waals surface area contributed by atoms with Gasteiger partial charge in [-0.2, -0.15) is 0 Å². The number of hydrogen-bond donors (Lipinski definition) is 0. The highest BCUT2D eigenvalue weighted by Gasteiger charge is 2.33. The van der Waals surface area contributed by atoms with Crippen LogP contribution in [-0.2, 0) is 20.7 Å². The second-order valence-corrected chi connectivity index (χ2v) is 4.56. The summed E-state index contributed by atoms with van der Waals surface area (Å²) < 4.78 is 10.5. The quantitative estimate of drug-likeness (QED) is 0.758. The molecule has 1 unspecified atom stereocenters. The zero-order valence-electron chi connectivity index (χ0n) is 10.3. The summed E-state index contributed by atoms with van der Waals surface area (Å²) >= 11 is 0. The number of hydrogen-bond acceptors (Lipinski definition) is 3. The first-order chi connectivity index (χ1) is 8.77. The van der Waals surface area contributed by atoms with Gasteiger partial charge in [-0.25, -0.2) is 0 Å². The number of carbonyl (C=O) groups excluding carboxylic acids is 1. The molecule has 0 aliphatic carbocycles. The van der Waals surface area contributed by atoms with Gasteiger partial charge < -0.3 is 14.4 Å². The molecule has 2 aliphatic rings. The molecule has 0 bridgehead atoms.